The van der Waals surface area contributed by atoms with Crippen molar-refractivity contribution in [3.8, 4) is 0 Å². The maximum absolute atomic E-state index is 4.31. The predicted octanol–water partition coefficient (Wildman–Crippen LogP) is -0.397. The Morgan fingerprint density at radius 2 is 1.75 bits per heavy atom. The van der Waals surface area contributed by atoms with Crippen molar-refractivity contribution in [1.29, 1.82) is 0 Å². The van der Waals surface area contributed by atoms with Gasteiger partial charge in [-0.1, -0.05) is 0 Å². The topological polar surface area (TPSA) is 9.23 Å². The van der Waals surface area contributed by atoms with E-state index < -0.39 is 0 Å². The third-order valence-electron chi connectivity index (χ3n) is 0. The van der Waals surface area contributed by atoms with E-state index in [4.69, 9.17) is 0 Å². The molecule has 1 unspecified atom stereocenters. The first-order valence-electron chi connectivity index (χ1n) is 0.644. The molecule has 0 amide bonds. The van der Waals surface area contributed by atoms with Crippen molar-refractivity contribution >= 4 is 29.6 Å². The van der Waals surface area contributed by atoms with Crippen LogP contribution in [-0.4, -0.2) is 24.3 Å². The van der Waals surface area contributed by atoms with E-state index >= 15 is 0 Å². The summed E-state index contributed by atoms with van der Waals surface area (Å²) in [7, 11) is 1.65. The molecule has 1 atom stereocenters. The van der Waals surface area contributed by atoms with Gasteiger partial charge in [-0.25, -0.2) is 0 Å². The summed E-state index contributed by atoms with van der Waals surface area (Å²) in [4.78, 5) is 0. The van der Waals surface area contributed by atoms with Crippen molar-refractivity contribution < 1.29 is 3.73 Å². The van der Waals surface area contributed by atoms with Crippen LogP contribution in [-0.2, 0) is 3.73 Å². The summed E-state index contributed by atoms with van der Waals surface area (Å²) in [5.74, 6) is 0. The Bertz CT molecular complexity index is 8.00. The Labute approximate surface area is 41.0 Å². The Balaban J connectivity index is 0. The second kappa shape index (κ2) is 9.18. The quantitative estimate of drug-likeness (QED) is 0.421. The number of hydrogen-bond donors (Lipinski definition) is 0. The predicted molar refractivity (Wildman–Crippen MR) is 22.8 cm³/mol. The first-order valence-corrected chi connectivity index (χ1v) is 1.63. The molecule has 0 aromatic heterocycles. The van der Waals surface area contributed by atoms with Gasteiger partial charge >= 0.3 is 28.0 Å². The number of halogens is 1. The van der Waals surface area contributed by atoms with Gasteiger partial charge in [0.1, 0.15) is 0 Å². The van der Waals surface area contributed by atoms with Crippen LogP contribution in [0.15, 0.2) is 0 Å². The van der Waals surface area contributed by atoms with Gasteiger partial charge in [0.15, 0.2) is 0 Å². The fourth-order valence-corrected chi connectivity index (χ4v) is 0. The molecule has 0 saturated heterocycles. The first kappa shape index (κ1) is 8.84. The first-order chi connectivity index (χ1) is 1.41. The van der Waals surface area contributed by atoms with Gasteiger partial charge < -0.3 is 0 Å². The summed E-state index contributed by atoms with van der Waals surface area (Å²) in [5, 5.41) is 0. The van der Waals surface area contributed by atoms with Crippen molar-refractivity contribution in [2.24, 2.45) is 0 Å². The summed E-state index contributed by atoms with van der Waals surface area (Å²) >= 11 is 1.28. The van der Waals surface area contributed by atoms with Crippen LogP contribution < -0.4 is 0 Å². The van der Waals surface area contributed by atoms with E-state index in [1.54, 1.807) is 7.11 Å². The summed E-state index contributed by atoms with van der Waals surface area (Å²) in [6.07, 6.45) is 0. The molecule has 0 saturated carbocycles. The molecule has 1 nitrogen and oxygen atoms in total. The van der Waals surface area contributed by atoms with Crippen LogP contribution in [0.5, 0.6) is 0 Å². The standard InChI is InChI=1S/CH5AsO.ClH/c1-3-2;/h2H2,1H3;1H. The van der Waals surface area contributed by atoms with E-state index in [0.29, 0.717) is 0 Å². The van der Waals surface area contributed by atoms with Gasteiger partial charge in [-0.05, 0) is 0 Å². The van der Waals surface area contributed by atoms with E-state index in [0.717, 1.165) is 0 Å². The Hall–Kier alpha value is 0.808. The van der Waals surface area contributed by atoms with Crippen LogP contribution >= 0.6 is 12.4 Å². The molecule has 0 spiro atoms. The van der Waals surface area contributed by atoms with Gasteiger partial charge in [0.2, 0.25) is 0 Å². The Morgan fingerprint density at radius 3 is 1.75 bits per heavy atom. The van der Waals surface area contributed by atoms with Crippen LogP contribution in [0.1, 0.15) is 0 Å². The molecular weight excluding hydrogens is 138 g/mol. The van der Waals surface area contributed by atoms with Gasteiger partial charge in [-0.15, -0.1) is 12.4 Å². The van der Waals surface area contributed by atoms with E-state index in [1.165, 1.54) is 17.2 Å². The molecule has 3 heteroatoms. The van der Waals surface area contributed by atoms with Crippen molar-refractivity contribution in [1.82, 2.24) is 0 Å². The Kier molecular flexibility index (Phi) is 20.3. The molecule has 0 radical (unpaired) electrons. The molecule has 0 fully saturated rings. The SMILES string of the molecule is CO[AsH2].Cl. The normalized spacial score (nSPS) is 4.50. The molecule has 0 aromatic carbocycles. The summed E-state index contributed by atoms with van der Waals surface area (Å²) in [6, 6.07) is 0. The molecule has 0 N–H and O–H groups in total. The van der Waals surface area contributed by atoms with Crippen LogP contribution in [0.2, 0.25) is 0 Å². The number of hydrogen-bond acceptors (Lipinski definition) is 1. The minimum Gasteiger partial charge on any atom is -0.147 e. The average molecular weight is 144 g/mol. The zero-order chi connectivity index (χ0) is 2.71. The van der Waals surface area contributed by atoms with Crippen molar-refractivity contribution in [3.05, 3.63) is 0 Å². The second-order valence-electron chi connectivity index (χ2n) is 0.236. The summed E-state index contributed by atoms with van der Waals surface area (Å²) in [5.41, 5.74) is 0. The smallest absolute Gasteiger partial charge is 0.147 e. The van der Waals surface area contributed by atoms with Gasteiger partial charge in [-0.2, -0.15) is 0 Å². The van der Waals surface area contributed by atoms with Crippen molar-refractivity contribution in [3.63, 3.8) is 0 Å². The fraction of sp³-hybridized carbons (Fsp3) is 1.00. The molecule has 0 heterocycles. The van der Waals surface area contributed by atoms with Gasteiger partial charge in [0.05, 0.1) is 0 Å². The average Bonchev–Trinajstić information content (AvgIpc) is 0.918. The van der Waals surface area contributed by atoms with Crippen LogP contribution in [0.4, 0.5) is 0 Å². The third-order valence-corrected chi connectivity index (χ3v) is 0. The maximum Gasteiger partial charge on any atom is -0.147 e. The largest absolute Gasteiger partial charge is 0.147 e. The minimum absolute atomic E-state index is 0. The molecule has 0 bridgehead atoms. The molecule has 0 rings (SSSR count). The Morgan fingerprint density at radius 1 is 1.75 bits per heavy atom. The third kappa shape index (κ3) is 14.1. The summed E-state index contributed by atoms with van der Waals surface area (Å²) < 4.78 is 4.31. The molecular formula is CH6AsClO. The van der Waals surface area contributed by atoms with Gasteiger partial charge in [0, 0.05) is 0 Å². The molecule has 0 aromatic rings. The second-order valence-corrected chi connectivity index (χ2v) is 1.22. The van der Waals surface area contributed by atoms with Crippen LogP contribution in [0, 0.1) is 0 Å². The maximum atomic E-state index is 4.31. The van der Waals surface area contributed by atoms with E-state index in [1.807, 2.05) is 0 Å². The zero-order valence-corrected chi connectivity index (χ0v) is 5.63. The summed E-state index contributed by atoms with van der Waals surface area (Å²) in [6.45, 7) is 0. The van der Waals surface area contributed by atoms with Gasteiger partial charge in [0.25, 0.3) is 0 Å². The monoisotopic (exact) mass is 144 g/mol. The van der Waals surface area contributed by atoms with E-state index in [2.05, 4.69) is 3.73 Å². The molecule has 28 valence electrons. The van der Waals surface area contributed by atoms with Crippen LogP contribution in [0.3, 0.4) is 0 Å². The molecule has 4 heavy (non-hydrogen) atoms. The minimum atomic E-state index is 0. The molecule has 0 aliphatic carbocycles. The molecule has 0 aliphatic heterocycles. The molecule has 0 aliphatic rings. The zero-order valence-electron chi connectivity index (χ0n) is 2.39. The van der Waals surface area contributed by atoms with E-state index in [9.17, 15) is 0 Å². The van der Waals surface area contributed by atoms with Crippen molar-refractivity contribution in [2.45, 2.75) is 0 Å². The number of rotatable bonds is 0. The van der Waals surface area contributed by atoms with Crippen molar-refractivity contribution in [2.75, 3.05) is 7.11 Å². The fourth-order valence-electron chi connectivity index (χ4n) is 0. The van der Waals surface area contributed by atoms with E-state index in [-0.39, 0.29) is 12.4 Å². The van der Waals surface area contributed by atoms with Crippen LogP contribution in [0.25, 0.3) is 0 Å². The van der Waals surface area contributed by atoms with Gasteiger partial charge in [-0.3, -0.25) is 0 Å².